The second-order valence-electron chi connectivity index (χ2n) is 8.22. The molecule has 1 saturated heterocycles. The lowest BCUT2D eigenvalue weighted by Crippen LogP contribution is -2.62. The van der Waals surface area contributed by atoms with Crippen LogP contribution in [0.2, 0.25) is 0 Å². The molecule has 7 unspecified atom stereocenters. The van der Waals surface area contributed by atoms with Crippen molar-refractivity contribution in [3.8, 4) is 5.75 Å². The molecule has 0 spiro atoms. The van der Waals surface area contributed by atoms with Crippen molar-refractivity contribution in [3.05, 3.63) is 42.5 Å². The summed E-state index contributed by atoms with van der Waals surface area (Å²) in [6.45, 7) is 5.88. The Hall–Kier alpha value is -1.52. The Morgan fingerprint density at radius 2 is 1.84 bits per heavy atom. The first kappa shape index (κ1) is 26.7. The van der Waals surface area contributed by atoms with E-state index in [-0.39, 0.29) is 32.2 Å². The molecule has 0 amide bonds. The van der Waals surface area contributed by atoms with E-state index in [0.29, 0.717) is 18.6 Å². The number of ether oxygens (including phenoxy) is 3. The monoisotopic (exact) mass is 454 g/mol. The lowest BCUT2D eigenvalue weighted by atomic mass is 9.93. The van der Waals surface area contributed by atoms with Crippen LogP contribution in [-0.2, 0) is 15.9 Å². The number of aliphatic hydroxyl groups is 5. The molecular weight excluding hydrogens is 416 g/mol. The zero-order valence-electron chi connectivity index (χ0n) is 18.8. The van der Waals surface area contributed by atoms with Gasteiger partial charge in [0.25, 0.3) is 0 Å². The number of aliphatic hydroxyl groups excluding tert-OH is 5. The van der Waals surface area contributed by atoms with Crippen molar-refractivity contribution in [2.45, 2.75) is 75.8 Å². The highest BCUT2D eigenvalue weighted by Crippen LogP contribution is 2.29. The summed E-state index contributed by atoms with van der Waals surface area (Å²) >= 11 is 0. The Morgan fingerprint density at radius 3 is 2.44 bits per heavy atom. The fraction of sp³-hybridized carbons (Fsp3) is 0.667. The van der Waals surface area contributed by atoms with Crippen molar-refractivity contribution in [1.29, 1.82) is 0 Å². The molecule has 0 aromatic heterocycles. The summed E-state index contributed by atoms with van der Waals surface area (Å²) in [7, 11) is 0. The van der Waals surface area contributed by atoms with E-state index in [9.17, 15) is 20.4 Å². The summed E-state index contributed by atoms with van der Waals surface area (Å²) in [5.41, 5.74) is 1.06. The van der Waals surface area contributed by atoms with Crippen molar-refractivity contribution in [2.24, 2.45) is 5.92 Å². The zero-order chi connectivity index (χ0) is 23.5. The van der Waals surface area contributed by atoms with Crippen LogP contribution in [0.25, 0.3) is 0 Å². The van der Waals surface area contributed by atoms with E-state index in [1.807, 2.05) is 19.1 Å². The van der Waals surface area contributed by atoms with Gasteiger partial charge in [-0.25, -0.2) is 0 Å². The largest absolute Gasteiger partial charge is 0.462 e. The van der Waals surface area contributed by atoms with E-state index in [4.69, 9.17) is 19.3 Å². The Balaban J connectivity index is 2.15. The predicted molar refractivity (Wildman–Crippen MR) is 119 cm³/mol. The van der Waals surface area contributed by atoms with Gasteiger partial charge in [0.15, 0.2) is 0 Å². The van der Waals surface area contributed by atoms with Gasteiger partial charge in [-0.1, -0.05) is 31.6 Å². The Kier molecular flexibility index (Phi) is 11.6. The summed E-state index contributed by atoms with van der Waals surface area (Å²) < 4.78 is 17.7. The van der Waals surface area contributed by atoms with Crippen LogP contribution in [-0.4, -0.2) is 82.2 Å². The van der Waals surface area contributed by atoms with Crippen molar-refractivity contribution in [3.63, 3.8) is 0 Å². The third kappa shape index (κ3) is 7.52. The average molecular weight is 455 g/mol. The van der Waals surface area contributed by atoms with Crippen molar-refractivity contribution < 1.29 is 39.7 Å². The van der Waals surface area contributed by atoms with Gasteiger partial charge in [0.05, 0.1) is 6.10 Å². The van der Waals surface area contributed by atoms with Gasteiger partial charge in [-0.15, -0.1) is 6.58 Å². The van der Waals surface area contributed by atoms with E-state index < -0.39 is 36.8 Å². The first-order valence-corrected chi connectivity index (χ1v) is 11.3. The molecule has 182 valence electrons. The maximum atomic E-state index is 10.8. The molecule has 32 heavy (non-hydrogen) atoms. The van der Waals surface area contributed by atoms with Crippen LogP contribution in [0.1, 0.15) is 38.2 Å². The van der Waals surface area contributed by atoms with Crippen LogP contribution in [0.5, 0.6) is 5.75 Å². The molecular formula is C24H38O8. The molecule has 1 fully saturated rings. The fourth-order valence-electron chi connectivity index (χ4n) is 3.72. The first-order valence-electron chi connectivity index (χ1n) is 11.3. The molecule has 7 atom stereocenters. The average Bonchev–Trinajstić information content (AvgIpc) is 2.80. The van der Waals surface area contributed by atoms with Gasteiger partial charge >= 0.3 is 0 Å². The zero-order valence-corrected chi connectivity index (χ0v) is 18.8. The first-order chi connectivity index (χ1) is 15.4. The van der Waals surface area contributed by atoms with Crippen LogP contribution < -0.4 is 4.74 Å². The van der Waals surface area contributed by atoms with Gasteiger partial charge in [-0.05, 0) is 49.3 Å². The van der Waals surface area contributed by atoms with E-state index in [2.05, 4.69) is 6.58 Å². The Morgan fingerprint density at radius 1 is 1.12 bits per heavy atom. The SMILES string of the molecule is C=CCc1ccc(OC2OC(C(O)CCCO)C(O)C(O)C2OCCC(CC)CO)cc1. The van der Waals surface area contributed by atoms with Gasteiger partial charge in [0.2, 0.25) is 6.29 Å². The Bertz CT molecular complexity index is 648. The molecule has 1 aromatic carbocycles. The van der Waals surface area contributed by atoms with Crippen LogP contribution in [0.15, 0.2) is 36.9 Å². The van der Waals surface area contributed by atoms with Crippen LogP contribution >= 0.6 is 0 Å². The van der Waals surface area contributed by atoms with Gasteiger partial charge < -0.3 is 39.7 Å². The molecule has 0 saturated carbocycles. The summed E-state index contributed by atoms with van der Waals surface area (Å²) in [6, 6.07) is 7.32. The highest BCUT2D eigenvalue weighted by molar-refractivity contribution is 5.28. The van der Waals surface area contributed by atoms with Gasteiger partial charge in [0.1, 0.15) is 30.2 Å². The number of benzene rings is 1. The van der Waals surface area contributed by atoms with E-state index in [0.717, 1.165) is 18.4 Å². The third-order valence-electron chi connectivity index (χ3n) is 5.85. The minimum Gasteiger partial charge on any atom is -0.462 e. The van der Waals surface area contributed by atoms with E-state index in [1.165, 1.54) is 0 Å². The van der Waals surface area contributed by atoms with Crippen molar-refractivity contribution >= 4 is 0 Å². The number of hydrogen-bond donors (Lipinski definition) is 5. The fourth-order valence-corrected chi connectivity index (χ4v) is 3.72. The standard InChI is InChI=1S/C24H38O8/c1-3-6-17-8-10-18(11-9-17)31-24-23(30-14-12-16(4-2)15-26)21(29)20(28)22(32-24)19(27)7-5-13-25/h3,8-11,16,19-29H,1,4-7,12-15H2,2H3. The maximum absolute atomic E-state index is 10.8. The summed E-state index contributed by atoms with van der Waals surface area (Å²) in [4.78, 5) is 0. The number of rotatable bonds is 14. The van der Waals surface area contributed by atoms with Gasteiger partial charge in [0, 0.05) is 19.8 Å². The second-order valence-corrected chi connectivity index (χ2v) is 8.22. The molecule has 8 heteroatoms. The lowest BCUT2D eigenvalue weighted by molar-refractivity contribution is -0.298. The van der Waals surface area contributed by atoms with E-state index in [1.54, 1.807) is 18.2 Å². The molecule has 0 radical (unpaired) electrons. The molecule has 2 rings (SSSR count). The predicted octanol–water partition coefficient (Wildman–Crippen LogP) is 1.17. The number of hydrogen-bond acceptors (Lipinski definition) is 8. The Labute approximate surface area is 190 Å². The van der Waals surface area contributed by atoms with E-state index >= 15 is 0 Å². The van der Waals surface area contributed by atoms with Gasteiger partial charge in [-0.2, -0.15) is 0 Å². The number of allylic oxidation sites excluding steroid dienone is 1. The second kappa shape index (κ2) is 13.9. The minimum atomic E-state index is -1.39. The van der Waals surface area contributed by atoms with Crippen molar-refractivity contribution in [1.82, 2.24) is 0 Å². The topological polar surface area (TPSA) is 129 Å². The summed E-state index contributed by atoms with van der Waals surface area (Å²) in [5.74, 6) is 0.566. The minimum absolute atomic E-state index is 0.0440. The highest BCUT2D eigenvalue weighted by Gasteiger charge is 2.48. The highest BCUT2D eigenvalue weighted by atomic mass is 16.7. The normalized spacial score (nSPS) is 27.6. The van der Waals surface area contributed by atoms with Crippen LogP contribution in [0.3, 0.4) is 0 Å². The molecule has 0 aliphatic carbocycles. The third-order valence-corrected chi connectivity index (χ3v) is 5.85. The molecule has 1 aromatic rings. The smallest absolute Gasteiger partial charge is 0.229 e. The summed E-state index contributed by atoms with van der Waals surface area (Å²) in [5, 5.41) is 50.2. The van der Waals surface area contributed by atoms with Crippen molar-refractivity contribution in [2.75, 3.05) is 19.8 Å². The molecule has 1 aliphatic rings. The van der Waals surface area contributed by atoms with Crippen LogP contribution in [0.4, 0.5) is 0 Å². The molecule has 5 N–H and O–H groups in total. The molecule has 1 aliphatic heterocycles. The quantitative estimate of drug-likeness (QED) is 0.265. The van der Waals surface area contributed by atoms with Gasteiger partial charge in [-0.3, -0.25) is 0 Å². The molecule has 8 nitrogen and oxygen atoms in total. The van der Waals surface area contributed by atoms with Crippen LogP contribution in [0, 0.1) is 5.92 Å². The lowest BCUT2D eigenvalue weighted by Gasteiger charge is -2.43. The summed E-state index contributed by atoms with van der Waals surface area (Å²) in [6.07, 6.45) is -2.55. The maximum Gasteiger partial charge on any atom is 0.229 e. The molecule has 0 bridgehead atoms. The molecule has 1 heterocycles.